The topological polar surface area (TPSA) is 78.5 Å². The van der Waals surface area contributed by atoms with Crippen molar-refractivity contribution in [1.82, 2.24) is 10.9 Å². The third kappa shape index (κ3) is 4.40. The summed E-state index contributed by atoms with van der Waals surface area (Å²) in [5.74, 6) is -1.69. The molecular formula is C19H17Cl2N3O3. The molecule has 1 saturated heterocycles. The number of rotatable bonds is 3. The van der Waals surface area contributed by atoms with Crippen molar-refractivity contribution in [2.75, 3.05) is 11.4 Å². The van der Waals surface area contributed by atoms with Crippen molar-refractivity contribution in [2.24, 2.45) is 5.92 Å². The molecule has 1 heterocycles. The number of nitrogens with one attached hydrogen (secondary N) is 2. The van der Waals surface area contributed by atoms with Gasteiger partial charge in [-0.3, -0.25) is 25.2 Å². The second-order valence-electron chi connectivity index (χ2n) is 6.31. The molecular weight excluding hydrogens is 389 g/mol. The Kier molecular flexibility index (Phi) is 5.68. The first-order valence-electron chi connectivity index (χ1n) is 8.27. The average molecular weight is 406 g/mol. The van der Waals surface area contributed by atoms with Crippen molar-refractivity contribution in [3.8, 4) is 0 Å². The van der Waals surface area contributed by atoms with Gasteiger partial charge in [0.25, 0.3) is 5.91 Å². The molecule has 3 amide bonds. The summed E-state index contributed by atoms with van der Waals surface area (Å²) in [4.78, 5) is 38.3. The van der Waals surface area contributed by atoms with Crippen molar-refractivity contribution in [2.45, 2.75) is 13.3 Å². The van der Waals surface area contributed by atoms with Crippen LogP contribution < -0.4 is 15.8 Å². The molecule has 1 fully saturated rings. The summed E-state index contributed by atoms with van der Waals surface area (Å²) in [6.45, 7) is 2.22. The molecule has 8 heteroatoms. The molecule has 0 saturated carbocycles. The maximum absolute atomic E-state index is 12.3. The third-order valence-corrected chi connectivity index (χ3v) is 4.86. The van der Waals surface area contributed by atoms with Gasteiger partial charge in [0.05, 0.1) is 16.5 Å². The number of hydrogen-bond donors (Lipinski definition) is 2. The Balaban J connectivity index is 1.59. The van der Waals surface area contributed by atoms with Crippen LogP contribution in [0.3, 0.4) is 0 Å². The molecule has 0 aromatic heterocycles. The van der Waals surface area contributed by atoms with Crippen LogP contribution in [0.15, 0.2) is 42.5 Å². The van der Waals surface area contributed by atoms with Gasteiger partial charge >= 0.3 is 0 Å². The van der Waals surface area contributed by atoms with E-state index in [1.54, 1.807) is 4.90 Å². The molecule has 140 valence electrons. The highest BCUT2D eigenvalue weighted by Crippen LogP contribution is 2.25. The zero-order valence-corrected chi connectivity index (χ0v) is 16.0. The summed E-state index contributed by atoms with van der Waals surface area (Å²) < 4.78 is 0. The van der Waals surface area contributed by atoms with Crippen molar-refractivity contribution in [3.05, 3.63) is 63.6 Å². The number of hydrogen-bond acceptors (Lipinski definition) is 3. The molecule has 2 aromatic carbocycles. The van der Waals surface area contributed by atoms with Gasteiger partial charge in [0.1, 0.15) is 0 Å². The normalized spacial score (nSPS) is 16.3. The van der Waals surface area contributed by atoms with Crippen molar-refractivity contribution in [3.63, 3.8) is 0 Å². The molecule has 0 unspecified atom stereocenters. The quantitative estimate of drug-likeness (QED) is 0.769. The zero-order valence-electron chi connectivity index (χ0n) is 14.5. The minimum Gasteiger partial charge on any atom is -0.312 e. The van der Waals surface area contributed by atoms with E-state index in [9.17, 15) is 14.4 Å². The second-order valence-corrected chi connectivity index (χ2v) is 7.15. The first-order chi connectivity index (χ1) is 12.8. The van der Waals surface area contributed by atoms with Crippen LogP contribution in [-0.4, -0.2) is 24.3 Å². The van der Waals surface area contributed by atoms with Gasteiger partial charge in [0.2, 0.25) is 11.8 Å². The fourth-order valence-corrected chi connectivity index (χ4v) is 3.31. The van der Waals surface area contributed by atoms with Gasteiger partial charge in [-0.05, 0) is 37.3 Å². The van der Waals surface area contributed by atoms with Gasteiger partial charge in [-0.1, -0.05) is 40.9 Å². The Morgan fingerprint density at radius 2 is 1.78 bits per heavy atom. The first-order valence-corrected chi connectivity index (χ1v) is 9.03. The maximum atomic E-state index is 12.3. The fraction of sp³-hybridized carbons (Fsp3) is 0.211. The van der Waals surface area contributed by atoms with Crippen LogP contribution in [0.2, 0.25) is 10.0 Å². The predicted octanol–water partition coefficient (Wildman–Crippen LogP) is 3.12. The maximum Gasteiger partial charge on any atom is 0.271 e. The number of carbonyl (C=O) groups is 3. The number of benzene rings is 2. The van der Waals surface area contributed by atoms with E-state index in [1.807, 2.05) is 31.2 Å². The Hall–Kier alpha value is -2.57. The zero-order chi connectivity index (χ0) is 19.6. The molecule has 27 heavy (non-hydrogen) atoms. The lowest BCUT2D eigenvalue weighted by atomic mass is 10.1. The van der Waals surface area contributed by atoms with Crippen LogP contribution in [0, 0.1) is 12.8 Å². The van der Waals surface area contributed by atoms with E-state index in [0.717, 1.165) is 11.3 Å². The van der Waals surface area contributed by atoms with E-state index in [0.29, 0.717) is 5.02 Å². The highest BCUT2D eigenvalue weighted by atomic mass is 35.5. The minimum absolute atomic E-state index is 0.0806. The van der Waals surface area contributed by atoms with Crippen molar-refractivity contribution < 1.29 is 14.4 Å². The average Bonchev–Trinajstić information content (AvgIpc) is 3.02. The third-order valence-electron chi connectivity index (χ3n) is 4.32. The highest BCUT2D eigenvalue weighted by Gasteiger charge is 2.35. The van der Waals surface area contributed by atoms with Gasteiger partial charge < -0.3 is 4.90 Å². The lowest BCUT2D eigenvalue weighted by Crippen LogP contribution is -2.45. The molecule has 3 rings (SSSR count). The van der Waals surface area contributed by atoms with Crippen molar-refractivity contribution in [1.29, 1.82) is 0 Å². The molecule has 1 aliphatic heterocycles. The van der Waals surface area contributed by atoms with Crippen LogP contribution in [0.4, 0.5) is 5.69 Å². The molecule has 1 aliphatic rings. The van der Waals surface area contributed by atoms with Crippen molar-refractivity contribution >= 4 is 46.6 Å². The van der Waals surface area contributed by atoms with Crippen LogP contribution in [-0.2, 0) is 9.59 Å². The summed E-state index contributed by atoms with van der Waals surface area (Å²) >= 11 is 11.8. The van der Waals surface area contributed by atoms with Crippen LogP contribution in [0.25, 0.3) is 0 Å². The number of carbonyl (C=O) groups excluding carboxylic acids is 3. The number of amides is 3. The van der Waals surface area contributed by atoms with Gasteiger partial charge in [-0.25, -0.2) is 0 Å². The van der Waals surface area contributed by atoms with Crippen LogP contribution >= 0.6 is 23.2 Å². The van der Waals surface area contributed by atoms with E-state index in [1.165, 1.54) is 18.2 Å². The Morgan fingerprint density at radius 1 is 1.07 bits per heavy atom. The van der Waals surface area contributed by atoms with E-state index in [2.05, 4.69) is 10.9 Å². The predicted molar refractivity (Wildman–Crippen MR) is 104 cm³/mol. The second kappa shape index (κ2) is 7.98. The molecule has 2 N–H and O–H groups in total. The molecule has 0 spiro atoms. The van der Waals surface area contributed by atoms with Gasteiger partial charge in [-0.2, -0.15) is 0 Å². The first kappa shape index (κ1) is 19.2. The highest BCUT2D eigenvalue weighted by molar-refractivity contribution is 6.36. The van der Waals surface area contributed by atoms with Crippen LogP contribution in [0.1, 0.15) is 22.3 Å². The Labute approximate surface area is 166 Å². The lowest BCUT2D eigenvalue weighted by Gasteiger charge is -2.17. The summed E-state index contributed by atoms with van der Waals surface area (Å²) in [7, 11) is 0. The molecule has 2 aromatic rings. The minimum atomic E-state index is -0.565. The number of aryl methyl sites for hydroxylation is 1. The Bertz CT molecular complexity index is 900. The molecule has 1 atom stereocenters. The summed E-state index contributed by atoms with van der Waals surface area (Å²) in [5.41, 5.74) is 6.69. The summed E-state index contributed by atoms with van der Waals surface area (Å²) in [6, 6.07) is 11.9. The van der Waals surface area contributed by atoms with E-state index >= 15 is 0 Å². The molecule has 6 nitrogen and oxygen atoms in total. The summed E-state index contributed by atoms with van der Waals surface area (Å²) in [6.07, 6.45) is 0.0806. The smallest absolute Gasteiger partial charge is 0.271 e. The largest absolute Gasteiger partial charge is 0.312 e. The number of anilines is 1. The molecule has 0 bridgehead atoms. The molecule has 0 aliphatic carbocycles. The van der Waals surface area contributed by atoms with E-state index in [-0.39, 0.29) is 29.5 Å². The summed E-state index contributed by atoms with van der Waals surface area (Å²) in [5, 5.41) is 0.581. The number of halogens is 2. The van der Waals surface area contributed by atoms with Crippen LogP contribution in [0.5, 0.6) is 0 Å². The van der Waals surface area contributed by atoms with Gasteiger partial charge in [-0.15, -0.1) is 0 Å². The van der Waals surface area contributed by atoms with E-state index in [4.69, 9.17) is 23.2 Å². The number of hydrazine groups is 1. The SMILES string of the molecule is Cc1ccc(N2C[C@@H](C(=O)NNC(=O)c3ccc(Cl)cc3Cl)CC2=O)cc1. The molecule has 0 radical (unpaired) electrons. The fourth-order valence-electron chi connectivity index (χ4n) is 2.82. The standard InChI is InChI=1S/C19H17Cl2N3O3/c1-11-2-5-14(6-3-11)24-10-12(8-17(24)25)18(26)22-23-19(27)15-7-4-13(20)9-16(15)21/h2-7,9,12H,8,10H2,1H3,(H,22,26)(H,23,27)/t12-/m0/s1. The van der Waals surface area contributed by atoms with Gasteiger partial charge in [0.15, 0.2) is 0 Å². The van der Waals surface area contributed by atoms with Gasteiger partial charge in [0, 0.05) is 23.7 Å². The number of nitrogens with zero attached hydrogens (tertiary/aromatic N) is 1. The van der Waals surface area contributed by atoms with E-state index < -0.39 is 17.7 Å². The Morgan fingerprint density at radius 3 is 2.44 bits per heavy atom. The monoisotopic (exact) mass is 405 g/mol. The lowest BCUT2D eigenvalue weighted by molar-refractivity contribution is -0.126.